The van der Waals surface area contributed by atoms with Crippen molar-refractivity contribution in [3.63, 3.8) is 0 Å². The molecule has 0 N–H and O–H groups in total. The number of rotatable bonds is 9. The largest absolute Gasteiger partial charge is 0.465 e. The zero-order chi connectivity index (χ0) is 18.2. The molecule has 0 amide bonds. The van der Waals surface area contributed by atoms with Crippen LogP contribution in [0.3, 0.4) is 0 Å². The molecular formula is C22H29NO2. The van der Waals surface area contributed by atoms with Crippen molar-refractivity contribution in [2.45, 2.75) is 38.7 Å². The third kappa shape index (κ3) is 5.45. The van der Waals surface area contributed by atoms with Gasteiger partial charge in [0.2, 0.25) is 0 Å². The molecule has 134 valence electrons. The Morgan fingerprint density at radius 1 is 1.00 bits per heavy atom. The van der Waals surface area contributed by atoms with Crippen LogP contribution in [0.25, 0.3) is 0 Å². The third-order valence-electron chi connectivity index (χ3n) is 4.18. The molecule has 25 heavy (non-hydrogen) atoms. The lowest BCUT2D eigenvalue weighted by Crippen LogP contribution is -2.34. The van der Waals surface area contributed by atoms with Gasteiger partial charge >= 0.3 is 0 Å². The maximum absolute atomic E-state index is 6.18. The lowest BCUT2D eigenvalue weighted by atomic mass is 10.0. The lowest BCUT2D eigenvalue weighted by molar-refractivity contribution is -0.122. The maximum atomic E-state index is 6.18. The molecule has 0 fully saturated rings. The first-order valence-electron chi connectivity index (χ1n) is 8.75. The molecule has 0 bridgehead atoms. The second-order valence-electron chi connectivity index (χ2n) is 6.45. The Hall–Kier alpha value is -2.10. The Labute approximate surface area is 151 Å². The van der Waals surface area contributed by atoms with Gasteiger partial charge in [-0.2, -0.15) is 0 Å². The Balaban J connectivity index is 2.06. The summed E-state index contributed by atoms with van der Waals surface area (Å²) < 4.78 is 12.2. The fraction of sp³-hybridized carbons (Fsp3) is 0.364. The number of likely N-dealkylation sites (N-methyl/N-ethyl adjacent to an activating group) is 1. The number of hydrogen-bond acceptors (Lipinski definition) is 3. The van der Waals surface area contributed by atoms with Crippen LogP contribution in [0.1, 0.15) is 31.0 Å². The van der Waals surface area contributed by atoms with E-state index in [0.29, 0.717) is 0 Å². The van der Waals surface area contributed by atoms with Gasteiger partial charge in [-0.05, 0) is 51.6 Å². The monoisotopic (exact) mass is 339 g/mol. The summed E-state index contributed by atoms with van der Waals surface area (Å²) in [6, 6.07) is 18.6. The van der Waals surface area contributed by atoms with Crippen LogP contribution in [0.5, 0.6) is 5.75 Å². The van der Waals surface area contributed by atoms with E-state index >= 15 is 0 Å². The number of ether oxygens (including phenoxy) is 2. The highest BCUT2D eigenvalue weighted by Gasteiger charge is 2.24. The molecule has 0 aliphatic rings. The summed E-state index contributed by atoms with van der Waals surface area (Å²) in [5.74, 6) is 0.850. The quantitative estimate of drug-likeness (QED) is 0.481. The fourth-order valence-electron chi connectivity index (χ4n) is 3.17. The highest BCUT2D eigenvalue weighted by molar-refractivity contribution is 5.34. The minimum absolute atomic E-state index is 0.0148. The Morgan fingerprint density at radius 2 is 1.64 bits per heavy atom. The Morgan fingerprint density at radius 3 is 2.28 bits per heavy atom. The number of allylic oxidation sites excluding steroid dienone is 1. The molecule has 2 aromatic rings. The van der Waals surface area contributed by atoms with Crippen molar-refractivity contribution >= 4 is 0 Å². The number of hydrogen-bond donors (Lipinski definition) is 0. The fourth-order valence-corrected chi connectivity index (χ4v) is 3.17. The average Bonchev–Trinajstić information content (AvgIpc) is 2.57. The van der Waals surface area contributed by atoms with Crippen molar-refractivity contribution in [2.75, 3.05) is 14.1 Å². The Bertz CT molecular complexity index is 654. The number of benzene rings is 2. The molecule has 3 heteroatoms. The summed E-state index contributed by atoms with van der Waals surface area (Å²) in [6.07, 6.45) is 2.31. The van der Waals surface area contributed by atoms with E-state index in [-0.39, 0.29) is 18.4 Å². The second-order valence-corrected chi connectivity index (χ2v) is 6.45. The number of nitrogens with zero attached hydrogens (tertiary/aromatic N) is 1. The highest BCUT2D eigenvalue weighted by atomic mass is 16.7. The Kier molecular flexibility index (Phi) is 7.23. The van der Waals surface area contributed by atoms with Crippen LogP contribution in [0.4, 0.5) is 0 Å². The third-order valence-corrected chi connectivity index (χ3v) is 4.18. The van der Waals surface area contributed by atoms with E-state index in [1.165, 1.54) is 5.56 Å². The molecule has 3 nitrogen and oxygen atoms in total. The van der Waals surface area contributed by atoms with E-state index in [2.05, 4.69) is 62.8 Å². The van der Waals surface area contributed by atoms with Gasteiger partial charge < -0.3 is 14.4 Å². The lowest BCUT2D eigenvalue weighted by Gasteiger charge is -2.32. The van der Waals surface area contributed by atoms with E-state index in [1.807, 2.05) is 37.3 Å². The van der Waals surface area contributed by atoms with Crippen LogP contribution < -0.4 is 4.74 Å². The summed E-state index contributed by atoms with van der Waals surface area (Å²) >= 11 is 0. The van der Waals surface area contributed by atoms with Crippen LogP contribution in [-0.2, 0) is 11.2 Å². The van der Waals surface area contributed by atoms with Gasteiger partial charge in [-0.25, -0.2) is 0 Å². The van der Waals surface area contributed by atoms with E-state index < -0.39 is 0 Å². The predicted molar refractivity (Wildman–Crippen MR) is 104 cm³/mol. The van der Waals surface area contributed by atoms with Gasteiger partial charge in [-0.15, -0.1) is 6.58 Å². The van der Waals surface area contributed by atoms with Gasteiger partial charge in [-0.1, -0.05) is 54.6 Å². The molecule has 2 aromatic carbocycles. The molecule has 3 unspecified atom stereocenters. The molecule has 0 saturated heterocycles. The zero-order valence-corrected chi connectivity index (χ0v) is 15.7. The summed E-state index contributed by atoms with van der Waals surface area (Å²) in [6.45, 7) is 7.84. The van der Waals surface area contributed by atoms with Gasteiger partial charge in [0.05, 0.1) is 12.1 Å². The van der Waals surface area contributed by atoms with Crippen molar-refractivity contribution in [3.05, 3.63) is 78.4 Å². The summed E-state index contributed by atoms with van der Waals surface area (Å²) in [5.41, 5.74) is 2.35. The van der Waals surface area contributed by atoms with Crippen LogP contribution >= 0.6 is 0 Å². The predicted octanol–water partition coefficient (Wildman–Crippen LogP) is 4.85. The first kappa shape index (κ1) is 19.2. The van der Waals surface area contributed by atoms with Crippen LogP contribution in [0.2, 0.25) is 0 Å². The van der Waals surface area contributed by atoms with Gasteiger partial charge in [0.1, 0.15) is 5.75 Å². The molecule has 0 aromatic heterocycles. The summed E-state index contributed by atoms with van der Waals surface area (Å²) in [7, 11) is 4.14. The first-order chi connectivity index (χ1) is 12.0. The zero-order valence-electron chi connectivity index (χ0n) is 15.7. The van der Waals surface area contributed by atoms with Crippen LogP contribution in [0.15, 0.2) is 67.3 Å². The molecule has 3 atom stereocenters. The van der Waals surface area contributed by atoms with Crippen molar-refractivity contribution in [1.29, 1.82) is 0 Å². The molecule has 2 rings (SSSR count). The molecule has 0 radical (unpaired) electrons. The van der Waals surface area contributed by atoms with Crippen LogP contribution in [0, 0.1) is 0 Å². The van der Waals surface area contributed by atoms with Crippen molar-refractivity contribution in [3.8, 4) is 5.75 Å². The summed E-state index contributed by atoms with van der Waals surface area (Å²) in [5, 5.41) is 0. The maximum Gasteiger partial charge on any atom is 0.197 e. The summed E-state index contributed by atoms with van der Waals surface area (Å²) in [4.78, 5) is 2.18. The van der Waals surface area contributed by atoms with Gasteiger partial charge in [0, 0.05) is 0 Å². The minimum atomic E-state index is -0.341. The molecule has 0 aliphatic heterocycles. The van der Waals surface area contributed by atoms with Crippen molar-refractivity contribution in [2.24, 2.45) is 0 Å². The standard InChI is InChI=1S/C22H29NO2/c1-6-12-19-13-10-11-16-21(19)25-18(3)24-17(2)22(23(4)5)20-14-8-7-9-15-20/h6-11,13-18,22H,1,12H2,2-5H3. The minimum Gasteiger partial charge on any atom is -0.465 e. The second kappa shape index (κ2) is 9.40. The normalized spacial score (nSPS) is 14.8. The topological polar surface area (TPSA) is 21.7 Å². The average molecular weight is 339 g/mol. The van der Waals surface area contributed by atoms with Crippen LogP contribution in [-0.4, -0.2) is 31.4 Å². The smallest absolute Gasteiger partial charge is 0.197 e. The molecule has 0 heterocycles. The van der Waals surface area contributed by atoms with Crippen molar-refractivity contribution < 1.29 is 9.47 Å². The molecule has 0 saturated carbocycles. The highest BCUT2D eigenvalue weighted by Crippen LogP contribution is 2.26. The van der Waals surface area contributed by atoms with Crippen molar-refractivity contribution in [1.82, 2.24) is 4.90 Å². The van der Waals surface area contributed by atoms with E-state index in [9.17, 15) is 0 Å². The molecular weight excluding hydrogens is 310 g/mol. The first-order valence-corrected chi connectivity index (χ1v) is 8.75. The van der Waals surface area contributed by atoms with Gasteiger partial charge in [-0.3, -0.25) is 0 Å². The number of para-hydroxylation sites is 1. The van der Waals surface area contributed by atoms with Gasteiger partial charge in [0.15, 0.2) is 6.29 Å². The SMILES string of the molecule is C=CCc1ccccc1OC(C)OC(C)C(c1ccccc1)N(C)C. The van der Waals surface area contributed by atoms with E-state index in [1.54, 1.807) is 0 Å². The van der Waals surface area contributed by atoms with Gasteiger partial charge in [0.25, 0.3) is 0 Å². The van der Waals surface area contributed by atoms with E-state index in [0.717, 1.165) is 17.7 Å². The van der Waals surface area contributed by atoms with E-state index in [4.69, 9.17) is 9.47 Å². The molecule has 0 aliphatic carbocycles. The molecule has 0 spiro atoms.